The van der Waals surface area contributed by atoms with Gasteiger partial charge in [-0.1, -0.05) is 0 Å². The first-order valence-electron chi connectivity index (χ1n) is 6.50. The van der Waals surface area contributed by atoms with Crippen molar-refractivity contribution >= 4 is 17.6 Å². The summed E-state index contributed by atoms with van der Waals surface area (Å²) in [7, 11) is 4.44. The Kier molecular flexibility index (Phi) is 4.77. The number of methoxy groups -OCH3 is 3. The Balaban J connectivity index is 2.34. The number of nitrogens with one attached hydrogen (secondary N) is 1. The predicted octanol–water partition coefficient (Wildman–Crippen LogP) is 2.33. The van der Waals surface area contributed by atoms with Crippen molar-refractivity contribution in [1.29, 1.82) is 0 Å². The molecule has 1 aromatic carbocycles. The van der Waals surface area contributed by atoms with E-state index in [9.17, 15) is 4.79 Å². The van der Waals surface area contributed by atoms with Gasteiger partial charge in [-0.3, -0.25) is 0 Å². The van der Waals surface area contributed by atoms with E-state index in [0.29, 0.717) is 22.9 Å². The molecular weight excluding hydrogens is 286 g/mol. The van der Waals surface area contributed by atoms with E-state index in [1.54, 1.807) is 45.4 Å². The van der Waals surface area contributed by atoms with Gasteiger partial charge in [0.15, 0.2) is 5.69 Å². The molecular formula is C15H17N3O4. The molecule has 0 saturated carbocycles. The fraction of sp³-hybridized carbons (Fsp3) is 0.267. The highest BCUT2D eigenvalue weighted by atomic mass is 16.5. The Morgan fingerprint density at radius 3 is 2.18 bits per heavy atom. The average Bonchev–Trinajstić information content (AvgIpc) is 2.52. The molecule has 2 aromatic rings. The summed E-state index contributed by atoms with van der Waals surface area (Å²) in [6, 6.07) is 6.85. The number of carbonyl (C=O) groups excluding carboxylic acids is 1. The minimum atomic E-state index is -0.517. The van der Waals surface area contributed by atoms with Crippen molar-refractivity contribution in [1.82, 2.24) is 9.97 Å². The standard InChI is InChI=1S/C15H17N3O4/c1-9-5-13(14(19)22-4)18-15(16-9)17-10-6-11(20-2)8-12(7-10)21-3/h5-8H,1-4H3,(H,16,17,18). The first-order valence-corrected chi connectivity index (χ1v) is 6.50. The maximum atomic E-state index is 11.6. The van der Waals surface area contributed by atoms with Crippen LogP contribution in [0.4, 0.5) is 11.6 Å². The van der Waals surface area contributed by atoms with Crippen LogP contribution in [-0.2, 0) is 4.74 Å². The molecule has 7 heteroatoms. The largest absolute Gasteiger partial charge is 0.497 e. The lowest BCUT2D eigenvalue weighted by atomic mass is 10.2. The van der Waals surface area contributed by atoms with Crippen LogP contribution in [0, 0.1) is 6.92 Å². The van der Waals surface area contributed by atoms with Gasteiger partial charge in [-0.25, -0.2) is 14.8 Å². The Bertz CT molecular complexity index is 666. The molecule has 116 valence electrons. The predicted molar refractivity (Wildman–Crippen MR) is 80.9 cm³/mol. The summed E-state index contributed by atoms with van der Waals surface area (Å²) in [6.45, 7) is 1.77. The number of nitrogens with zero attached hydrogens (tertiary/aromatic N) is 2. The summed E-state index contributed by atoms with van der Waals surface area (Å²) < 4.78 is 15.1. The average molecular weight is 303 g/mol. The molecule has 0 unspecified atom stereocenters. The fourth-order valence-corrected chi connectivity index (χ4v) is 1.84. The Labute approximate surface area is 128 Å². The molecule has 1 heterocycles. The quantitative estimate of drug-likeness (QED) is 0.849. The van der Waals surface area contributed by atoms with Crippen LogP contribution in [0.3, 0.4) is 0 Å². The number of aryl methyl sites for hydroxylation is 1. The summed E-state index contributed by atoms with van der Waals surface area (Å²) in [5.41, 5.74) is 1.51. The molecule has 0 saturated heterocycles. The molecule has 0 atom stereocenters. The Morgan fingerprint density at radius 2 is 1.64 bits per heavy atom. The topological polar surface area (TPSA) is 82.6 Å². The summed E-state index contributed by atoms with van der Waals surface area (Å²) in [5, 5.41) is 3.02. The van der Waals surface area contributed by atoms with E-state index in [4.69, 9.17) is 9.47 Å². The van der Waals surface area contributed by atoms with Gasteiger partial charge in [-0.05, 0) is 13.0 Å². The van der Waals surface area contributed by atoms with E-state index in [1.807, 2.05) is 0 Å². The van der Waals surface area contributed by atoms with E-state index in [0.717, 1.165) is 0 Å². The number of anilines is 2. The molecule has 22 heavy (non-hydrogen) atoms. The second-order valence-electron chi connectivity index (χ2n) is 4.44. The monoisotopic (exact) mass is 303 g/mol. The zero-order chi connectivity index (χ0) is 16.1. The van der Waals surface area contributed by atoms with Crippen LogP contribution < -0.4 is 14.8 Å². The van der Waals surface area contributed by atoms with Crippen LogP contribution in [0.25, 0.3) is 0 Å². The highest BCUT2D eigenvalue weighted by Crippen LogP contribution is 2.27. The summed E-state index contributed by atoms with van der Waals surface area (Å²) in [5.74, 6) is 1.03. The van der Waals surface area contributed by atoms with Crippen molar-refractivity contribution in [2.24, 2.45) is 0 Å². The number of esters is 1. The fourth-order valence-electron chi connectivity index (χ4n) is 1.84. The molecule has 0 aliphatic heterocycles. The number of rotatable bonds is 5. The van der Waals surface area contributed by atoms with E-state index in [1.165, 1.54) is 7.11 Å². The lowest BCUT2D eigenvalue weighted by molar-refractivity contribution is 0.0594. The van der Waals surface area contributed by atoms with Gasteiger partial charge in [-0.2, -0.15) is 0 Å². The highest BCUT2D eigenvalue weighted by molar-refractivity contribution is 5.87. The Morgan fingerprint density at radius 1 is 1.00 bits per heavy atom. The van der Waals surface area contributed by atoms with Crippen molar-refractivity contribution in [3.05, 3.63) is 35.7 Å². The second-order valence-corrected chi connectivity index (χ2v) is 4.44. The zero-order valence-corrected chi connectivity index (χ0v) is 12.8. The van der Waals surface area contributed by atoms with Gasteiger partial charge in [0, 0.05) is 29.6 Å². The summed E-state index contributed by atoms with van der Waals surface area (Å²) in [4.78, 5) is 20.0. The molecule has 0 fully saturated rings. The number of hydrogen-bond acceptors (Lipinski definition) is 7. The molecule has 0 amide bonds. The van der Waals surface area contributed by atoms with Crippen molar-refractivity contribution in [3.8, 4) is 11.5 Å². The molecule has 0 aliphatic carbocycles. The van der Waals surface area contributed by atoms with Gasteiger partial charge in [0.2, 0.25) is 5.95 Å². The van der Waals surface area contributed by atoms with Gasteiger partial charge in [-0.15, -0.1) is 0 Å². The third-order valence-electron chi connectivity index (χ3n) is 2.86. The van der Waals surface area contributed by atoms with Gasteiger partial charge in [0.25, 0.3) is 0 Å². The first-order chi connectivity index (χ1) is 10.5. The van der Waals surface area contributed by atoms with E-state index in [2.05, 4.69) is 20.0 Å². The third kappa shape index (κ3) is 3.63. The minimum absolute atomic E-state index is 0.187. The lowest BCUT2D eigenvalue weighted by Crippen LogP contribution is -2.08. The van der Waals surface area contributed by atoms with E-state index >= 15 is 0 Å². The third-order valence-corrected chi connectivity index (χ3v) is 2.86. The van der Waals surface area contributed by atoms with Crippen molar-refractivity contribution in [3.63, 3.8) is 0 Å². The SMILES string of the molecule is COC(=O)c1cc(C)nc(Nc2cc(OC)cc(OC)c2)n1. The van der Waals surface area contributed by atoms with Crippen LogP contribution in [0.2, 0.25) is 0 Å². The van der Waals surface area contributed by atoms with Crippen molar-refractivity contribution in [2.45, 2.75) is 6.92 Å². The van der Waals surface area contributed by atoms with Crippen LogP contribution in [0.15, 0.2) is 24.3 Å². The van der Waals surface area contributed by atoms with Gasteiger partial charge < -0.3 is 19.5 Å². The number of carbonyl (C=O) groups is 1. The molecule has 2 rings (SSSR count). The molecule has 0 radical (unpaired) electrons. The number of aromatic nitrogens is 2. The normalized spacial score (nSPS) is 10.0. The molecule has 1 N–H and O–H groups in total. The van der Waals surface area contributed by atoms with Crippen LogP contribution in [-0.4, -0.2) is 37.3 Å². The molecule has 1 aromatic heterocycles. The van der Waals surface area contributed by atoms with Crippen LogP contribution >= 0.6 is 0 Å². The molecule has 0 aliphatic rings. The maximum Gasteiger partial charge on any atom is 0.356 e. The van der Waals surface area contributed by atoms with Gasteiger partial charge in [0.1, 0.15) is 11.5 Å². The van der Waals surface area contributed by atoms with E-state index < -0.39 is 5.97 Å². The molecule has 0 bridgehead atoms. The second kappa shape index (κ2) is 6.75. The smallest absolute Gasteiger partial charge is 0.356 e. The summed E-state index contributed by atoms with van der Waals surface area (Å²) >= 11 is 0. The molecule has 7 nitrogen and oxygen atoms in total. The number of hydrogen-bond donors (Lipinski definition) is 1. The zero-order valence-electron chi connectivity index (χ0n) is 12.8. The lowest BCUT2D eigenvalue weighted by Gasteiger charge is -2.10. The van der Waals surface area contributed by atoms with Gasteiger partial charge >= 0.3 is 5.97 Å². The van der Waals surface area contributed by atoms with Crippen molar-refractivity contribution < 1.29 is 19.0 Å². The Hall–Kier alpha value is -2.83. The highest BCUT2D eigenvalue weighted by Gasteiger charge is 2.11. The molecule has 0 spiro atoms. The minimum Gasteiger partial charge on any atom is -0.497 e. The maximum absolute atomic E-state index is 11.6. The van der Waals surface area contributed by atoms with Crippen LogP contribution in [0.1, 0.15) is 16.2 Å². The van der Waals surface area contributed by atoms with E-state index in [-0.39, 0.29) is 11.6 Å². The number of ether oxygens (including phenoxy) is 3. The van der Waals surface area contributed by atoms with Crippen molar-refractivity contribution in [2.75, 3.05) is 26.6 Å². The summed E-state index contributed by atoms with van der Waals surface area (Å²) in [6.07, 6.45) is 0. The van der Waals surface area contributed by atoms with Crippen LogP contribution in [0.5, 0.6) is 11.5 Å². The number of benzene rings is 1. The first kappa shape index (κ1) is 15.6. The van der Waals surface area contributed by atoms with Gasteiger partial charge in [0.05, 0.1) is 21.3 Å².